The first-order valence-corrected chi connectivity index (χ1v) is 7.80. The van der Waals surface area contributed by atoms with E-state index in [1.165, 1.54) is 13.0 Å². The Hall–Kier alpha value is -0.870. The molecule has 1 aromatic heterocycles. The first kappa shape index (κ1) is 15.5. The molecule has 2 heterocycles. The molecule has 0 saturated carbocycles. The second kappa shape index (κ2) is 6.27. The third-order valence-electron chi connectivity index (χ3n) is 3.59. The van der Waals surface area contributed by atoms with Crippen LogP contribution >= 0.6 is 11.6 Å². The van der Waals surface area contributed by atoms with Crippen molar-refractivity contribution in [2.45, 2.75) is 39.5 Å². The highest BCUT2D eigenvalue weighted by Crippen LogP contribution is 2.24. The number of rotatable bonds is 3. The van der Waals surface area contributed by atoms with Crippen LogP contribution in [0.15, 0.2) is 6.07 Å². The Balaban J connectivity index is 2.12. The lowest BCUT2D eigenvalue weighted by atomic mass is 9.96. The van der Waals surface area contributed by atoms with E-state index in [-0.39, 0.29) is 5.41 Å². The summed E-state index contributed by atoms with van der Waals surface area (Å²) in [6.45, 7) is 14.0. The Morgan fingerprint density at radius 1 is 1.15 bits per heavy atom. The largest absolute Gasteiger partial charge is 0.354 e. The molecule has 0 atom stereocenters. The van der Waals surface area contributed by atoms with Crippen LogP contribution < -0.4 is 4.90 Å². The number of nitrogens with zero attached hydrogens (tertiary/aromatic N) is 4. The van der Waals surface area contributed by atoms with E-state index in [0.717, 1.165) is 37.8 Å². The lowest BCUT2D eigenvalue weighted by Crippen LogP contribution is -2.47. The van der Waals surface area contributed by atoms with E-state index in [9.17, 15) is 0 Å². The van der Waals surface area contributed by atoms with Gasteiger partial charge in [0, 0.05) is 37.7 Å². The van der Waals surface area contributed by atoms with Crippen molar-refractivity contribution in [2.24, 2.45) is 0 Å². The first-order chi connectivity index (χ1) is 9.40. The summed E-state index contributed by atoms with van der Waals surface area (Å²) in [5.74, 6) is 1.78. The van der Waals surface area contributed by atoms with Crippen LogP contribution in [0.4, 0.5) is 5.82 Å². The Labute approximate surface area is 127 Å². The zero-order valence-electron chi connectivity index (χ0n) is 13.0. The van der Waals surface area contributed by atoms with Crippen LogP contribution in [0.5, 0.6) is 0 Å². The first-order valence-electron chi connectivity index (χ1n) is 7.42. The molecule has 0 amide bonds. The molecule has 0 N–H and O–H groups in total. The fourth-order valence-corrected chi connectivity index (χ4v) is 2.60. The number of hydrogen-bond donors (Lipinski definition) is 0. The summed E-state index contributed by atoms with van der Waals surface area (Å²) in [6.07, 6.45) is 1.22. The van der Waals surface area contributed by atoms with Gasteiger partial charge in [-0.05, 0) is 13.0 Å². The maximum atomic E-state index is 6.17. The van der Waals surface area contributed by atoms with Gasteiger partial charge in [-0.2, -0.15) is 0 Å². The van der Waals surface area contributed by atoms with Gasteiger partial charge < -0.3 is 4.90 Å². The molecule has 0 spiro atoms. The van der Waals surface area contributed by atoms with Gasteiger partial charge in [-0.1, -0.05) is 39.3 Å². The minimum atomic E-state index is -0.0797. The Morgan fingerprint density at radius 2 is 1.80 bits per heavy atom. The summed E-state index contributed by atoms with van der Waals surface area (Å²) in [5, 5.41) is 0.538. The van der Waals surface area contributed by atoms with Gasteiger partial charge in [0.05, 0.1) is 0 Å². The standard InChI is InChI=1S/C15H25ClN4/c1-5-6-19-7-9-20(10-8-19)13-11-12(16)17-14(18-13)15(2,3)4/h11H,5-10H2,1-4H3. The van der Waals surface area contributed by atoms with Gasteiger partial charge in [0.15, 0.2) is 0 Å². The molecule has 0 unspecified atom stereocenters. The van der Waals surface area contributed by atoms with Gasteiger partial charge in [0.1, 0.15) is 16.8 Å². The number of aromatic nitrogens is 2. The van der Waals surface area contributed by atoms with Crippen LogP contribution in [-0.2, 0) is 5.41 Å². The molecule has 0 bridgehead atoms. The number of hydrogen-bond acceptors (Lipinski definition) is 4. The molecule has 2 rings (SSSR count). The molecule has 112 valence electrons. The Kier molecular flexibility index (Phi) is 4.86. The summed E-state index contributed by atoms with van der Waals surface area (Å²) in [6, 6.07) is 1.88. The third-order valence-corrected chi connectivity index (χ3v) is 3.78. The molecule has 0 radical (unpaired) electrons. The number of piperazine rings is 1. The molecule has 0 aromatic carbocycles. The van der Waals surface area contributed by atoms with E-state index in [1.807, 2.05) is 6.07 Å². The number of halogens is 1. The van der Waals surface area contributed by atoms with Crippen LogP contribution in [0.2, 0.25) is 5.15 Å². The van der Waals surface area contributed by atoms with E-state index in [4.69, 9.17) is 16.6 Å². The van der Waals surface area contributed by atoms with Gasteiger partial charge in [0.25, 0.3) is 0 Å². The zero-order valence-corrected chi connectivity index (χ0v) is 13.7. The molecule has 0 aliphatic carbocycles. The van der Waals surface area contributed by atoms with Crippen molar-refractivity contribution < 1.29 is 0 Å². The van der Waals surface area contributed by atoms with Gasteiger partial charge in [-0.3, -0.25) is 4.90 Å². The van der Waals surface area contributed by atoms with Crippen molar-refractivity contribution in [3.8, 4) is 0 Å². The topological polar surface area (TPSA) is 32.3 Å². The van der Waals surface area contributed by atoms with Gasteiger partial charge >= 0.3 is 0 Å². The average Bonchev–Trinajstić information content (AvgIpc) is 2.38. The quantitative estimate of drug-likeness (QED) is 0.803. The smallest absolute Gasteiger partial charge is 0.137 e. The second-order valence-corrected chi connectivity index (χ2v) is 6.84. The van der Waals surface area contributed by atoms with Crippen LogP contribution in [0.25, 0.3) is 0 Å². The summed E-state index contributed by atoms with van der Waals surface area (Å²) < 4.78 is 0. The van der Waals surface area contributed by atoms with Crippen LogP contribution in [-0.4, -0.2) is 47.6 Å². The average molecular weight is 297 g/mol. The van der Waals surface area contributed by atoms with Gasteiger partial charge in [0.2, 0.25) is 0 Å². The predicted molar refractivity (Wildman–Crippen MR) is 84.7 cm³/mol. The maximum Gasteiger partial charge on any atom is 0.137 e. The lowest BCUT2D eigenvalue weighted by Gasteiger charge is -2.35. The Morgan fingerprint density at radius 3 is 2.35 bits per heavy atom. The minimum Gasteiger partial charge on any atom is -0.354 e. The van der Waals surface area contributed by atoms with E-state index < -0.39 is 0 Å². The van der Waals surface area contributed by atoms with E-state index in [0.29, 0.717) is 5.15 Å². The van der Waals surface area contributed by atoms with E-state index >= 15 is 0 Å². The fraction of sp³-hybridized carbons (Fsp3) is 0.733. The maximum absolute atomic E-state index is 6.17. The molecule has 1 aliphatic rings. The summed E-state index contributed by atoms with van der Waals surface area (Å²) >= 11 is 6.17. The minimum absolute atomic E-state index is 0.0797. The van der Waals surface area contributed by atoms with Crippen molar-refractivity contribution in [3.63, 3.8) is 0 Å². The van der Waals surface area contributed by atoms with Crippen molar-refractivity contribution in [1.82, 2.24) is 14.9 Å². The monoisotopic (exact) mass is 296 g/mol. The van der Waals surface area contributed by atoms with Crippen molar-refractivity contribution >= 4 is 17.4 Å². The van der Waals surface area contributed by atoms with Gasteiger partial charge in [-0.25, -0.2) is 9.97 Å². The molecule has 1 aliphatic heterocycles. The normalized spacial score (nSPS) is 17.6. The molecule has 5 heteroatoms. The molecule has 1 aromatic rings. The third kappa shape index (κ3) is 3.83. The van der Waals surface area contributed by atoms with Crippen molar-refractivity contribution in [3.05, 3.63) is 17.0 Å². The van der Waals surface area contributed by atoms with Gasteiger partial charge in [-0.15, -0.1) is 0 Å². The summed E-state index contributed by atoms with van der Waals surface area (Å²) in [4.78, 5) is 13.9. The summed E-state index contributed by atoms with van der Waals surface area (Å²) in [5.41, 5.74) is -0.0797. The van der Waals surface area contributed by atoms with Crippen molar-refractivity contribution in [2.75, 3.05) is 37.6 Å². The fourth-order valence-electron chi connectivity index (χ4n) is 2.42. The highest BCUT2D eigenvalue weighted by Gasteiger charge is 2.22. The molecule has 4 nitrogen and oxygen atoms in total. The van der Waals surface area contributed by atoms with E-state index in [1.54, 1.807) is 0 Å². The second-order valence-electron chi connectivity index (χ2n) is 6.45. The van der Waals surface area contributed by atoms with Crippen LogP contribution in [0.1, 0.15) is 39.9 Å². The van der Waals surface area contributed by atoms with Crippen molar-refractivity contribution in [1.29, 1.82) is 0 Å². The van der Waals surface area contributed by atoms with Crippen LogP contribution in [0.3, 0.4) is 0 Å². The lowest BCUT2D eigenvalue weighted by molar-refractivity contribution is 0.258. The zero-order chi connectivity index (χ0) is 14.8. The number of anilines is 1. The van der Waals surface area contributed by atoms with Crippen LogP contribution in [0, 0.1) is 0 Å². The molecular formula is C15H25ClN4. The van der Waals surface area contributed by atoms with E-state index in [2.05, 4.69) is 42.5 Å². The summed E-state index contributed by atoms with van der Waals surface area (Å²) in [7, 11) is 0. The highest BCUT2D eigenvalue weighted by molar-refractivity contribution is 6.29. The molecular weight excluding hydrogens is 272 g/mol. The highest BCUT2D eigenvalue weighted by atomic mass is 35.5. The predicted octanol–water partition coefficient (Wildman–Crippen LogP) is 2.96. The SMILES string of the molecule is CCCN1CCN(c2cc(Cl)nc(C(C)(C)C)n2)CC1. The molecule has 1 fully saturated rings. The Bertz CT molecular complexity index is 448. The molecule has 20 heavy (non-hydrogen) atoms. The molecule has 1 saturated heterocycles.